The summed E-state index contributed by atoms with van der Waals surface area (Å²) in [6.07, 6.45) is 0. The van der Waals surface area contributed by atoms with Crippen LogP contribution in [0.3, 0.4) is 0 Å². The summed E-state index contributed by atoms with van der Waals surface area (Å²) in [5.74, 6) is -0.833. The molecule has 0 saturated carbocycles. The molecule has 0 saturated heterocycles. The van der Waals surface area contributed by atoms with E-state index in [1.807, 2.05) is 0 Å². The molecule has 0 spiro atoms. The van der Waals surface area contributed by atoms with Crippen LogP contribution >= 0.6 is 0 Å². The van der Waals surface area contributed by atoms with Crippen molar-refractivity contribution in [3.63, 3.8) is 0 Å². The van der Waals surface area contributed by atoms with Crippen LogP contribution in [0.2, 0.25) is 0 Å². The summed E-state index contributed by atoms with van der Waals surface area (Å²) < 4.78 is 0. The molecule has 0 aromatic rings. The Kier molecular flexibility index (Phi) is 28.4. The quantitative estimate of drug-likeness (QED) is 0.363. The van der Waals surface area contributed by atoms with E-state index in [1.165, 1.54) is 0 Å². The minimum absolute atomic E-state index is 0. The number of hydrogen-bond acceptors (Lipinski definition) is 3. The molecule has 0 bridgehead atoms. The summed E-state index contributed by atoms with van der Waals surface area (Å²) in [5, 5.41) is 24.0. The smallest absolute Gasteiger partial charge is 0.853 e. The van der Waals surface area contributed by atoms with Crippen LogP contribution in [0.5, 0.6) is 0 Å². The summed E-state index contributed by atoms with van der Waals surface area (Å²) >= 11 is 0. The van der Waals surface area contributed by atoms with Crippen molar-refractivity contribution in [1.82, 2.24) is 0 Å². The van der Waals surface area contributed by atoms with Crippen LogP contribution in [0.1, 0.15) is 6.92 Å². The van der Waals surface area contributed by atoms with Gasteiger partial charge in [0.05, 0.1) is 0 Å². The monoisotopic (exact) mass is 144 g/mol. The van der Waals surface area contributed by atoms with Crippen molar-refractivity contribution in [2.24, 2.45) is 0 Å². The molecule has 9 heavy (non-hydrogen) atoms. The van der Waals surface area contributed by atoms with Crippen LogP contribution in [-0.2, 0) is 4.79 Å². The first kappa shape index (κ1) is 16.2. The van der Waals surface area contributed by atoms with Crippen molar-refractivity contribution < 1.29 is 49.7 Å². The van der Waals surface area contributed by atoms with Crippen molar-refractivity contribution in [2.45, 2.75) is 6.92 Å². The molecule has 0 rings (SSSR count). The van der Waals surface area contributed by atoms with Gasteiger partial charge in [-0.1, -0.05) is 0 Å². The van der Waals surface area contributed by atoms with E-state index in [-0.39, 0.29) is 42.8 Å². The van der Waals surface area contributed by atoms with Gasteiger partial charge in [0, 0.05) is 13.5 Å². The van der Waals surface area contributed by atoms with E-state index in [4.69, 9.17) is 20.1 Å². The van der Waals surface area contributed by atoms with Crippen molar-refractivity contribution in [3.05, 3.63) is 0 Å². The van der Waals surface area contributed by atoms with Gasteiger partial charge in [0.1, 0.15) is 0 Å². The predicted molar refractivity (Wildman–Crippen MR) is 25.3 cm³/mol. The van der Waals surface area contributed by atoms with Gasteiger partial charge in [-0.25, -0.2) is 0 Å². The zero-order chi connectivity index (χ0) is 6.99. The van der Waals surface area contributed by atoms with Gasteiger partial charge in [-0.05, 0) is 0 Å². The zero-order valence-electron chi connectivity index (χ0n) is 5.63. The Morgan fingerprint density at radius 1 is 1.67 bits per heavy atom. The fourth-order valence-corrected chi connectivity index (χ4v) is 0. The number of aliphatic hydroxyl groups is 1. The first-order chi connectivity index (χ1) is 3.65. The zero-order valence-corrected chi connectivity index (χ0v) is 7.63. The fourth-order valence-electron chi connectivity index (χ4n) is 0. The first-order valence-electron chi connectivity index (χ1n) is 2.03. The first-order valence-corrected chi connectivity index (χ1v) is 2.03. The van der Waals surface area contributed by atoms with Crippen molar-refractivity contribution >= 4 is 5.97 Å². The summed E-state index contributed by atoms with van der Waals surface area (Å²) in [6.45, 7) is 0.472. The van der Waals surface area contributed by atoms with Gasteiger partial charge >= 0.3 is 29.6 Å². The molecule has 0 radical (unpaired) electrons. The minimum Gasteiger partial charge on any atom is -0.853 e. The molecule has 4 nitrogen and oxygen atoms in total. The van der Waals surface area contributed by atoms with E-state index >= 15 is 0 Å². The maximum Gasteiger partial charge on any atom is 1.00 e. The molecule has 0 aliphatic carbocycles. The molecule has 0 unspecified atom stereocenters. The maximum absolute atomic E-state index is 9.05. The van der Waals surface area contributed by atoms with Gasteiger partial charge in [-0.2, -0.15) is 0 Å². The largest absolute Gasteiger partial charge is 1.00 e. The Morgan fingerprint density at radius 3 is 1.78 bits per heavy atom. The number of rotatable bonds is 1. The van der Waals surface area contributed by atoms with Crippen molar-refractivity contribution in [2.75, 3.05) is 13.2 Å². The molecule has 0 aromatic heterocycles. The third kappa shape index (κ3) is 177. The second kappa shape index (κ2) is 15.8. The van der Waals surface area contributed by atoms with Crippen LogP contribution in [0.15, 0.2) is 0 Å². The summed E-state index contributed by atoms with van der Waals surface area (Å²) in [6, 6.07) is 0. The fraction of sp³-hybridized carbons (Fsp3) is 0.750. The van der Waals surface area contributed by atoms with Crippen molar-refractivity contribution in [3.8, 4) is 0 Å². The van der Waals surface area contributed by atoms with Gasteiger partial charge in [-0.15, -0.1) is 6.61 Å². The van der Waals surface area contributed by atoms with E-state index in [1.54, 1.807) is 0 Å². The molecule has 2 N–H and O–H groups in total. The van der Waals surface area contributed by atoms with E-state index < -0.39 is 5.97 Å². The molecule has 5 heteroatoms. The van der Waals surface area contributed by atoms with Gasteiger partial charge in [0.2, 0.25) is 0 Å². The number of aliphatic carboxylic acids is 1. The molecule has 0 fully saturated rings. The second-order valence-corrected chi connectivity index (χ2v) is 0.947. The Balaban J connectivity index is -0.0000000720. The van der Waals surface area contributed by atoms with Gasteiger partial charge in [-0.3, -0.25) is 4.79 Å². The average molecular weight is 144 g/mol. The molecule has 0 aliphatic heterocycles. The third-order valence-electron chi connectivity index (χ3n) is 0.0913. The summed E-state index contributed by atoms with van der Waals surface area (Å²) in [4.78, 5) is 9.00. The van der Waals surface area contributed by atoms with E-state index in [2.05, 4.69) is 0 Å². The number of aliphatic hydroxyl groups excluding tert-OH is 1. The van der Waals surface area contributed by atoms with Crippen LogP contribution in [0.25, 0.3) is 0 Å². The standard InChI is InChI=1S/C2H4O2.C2H5O2.Na/c1-2(3)4;3-1-2-4;/h1H3,(H,3,4);3H,1-2H2;/q;-1;+1. The summed E-state index contributed by atoms with van der Waals surface area (Å²) in [7, 11) is 0. The topological polar surface area (TPSA) is 80.6 Å². The maximum atomic E-state index is 9.05. The van der Waals surface area contributed by atoms with Crippen LogP contribution in [-0.4, -0.2) is 29.4 Å². The number of carboxylic acids is 1. The van der Waals surface area contributed by atoms with E-state index in [0.29, 0.717) is 0 Å². The molecule has 0 aliphatic rings. The predicted octanol–water partition coefficient (Wildman–Crippen LogP) is -4.57. The molecule has 0 aromatic carbocycles. The third-order valence-corrected chi connectivity index (χ3v) is 0.0913. The van der Waals surface area contributed by atoms with E-state index in [9.17, 15) is 0 Å². The molecule has 0 amide bonds. The van der Waals surface area contributed by atoms with E-state index in [0.717, 1.165) is 6.92 Å². The van der Waals surface area contributed by atoms with Crippen LogP contribution in [0, 0.1) is 0 Å². The van der Waals surface area contributed by atoms with Crippen molar-refractivity contribution in [1.29, 1.82) is 0 Å². The molecule has 50 valence electrons. The Bertz CT molecular complexity index is 50.5. The summed E-state index contributed by atoms with van der Waals surface area (Å²) in [5.41, 5.74) is 0. The second-order valence-electron chi connectivity index (χ2n) is 0.947. The van der Waals surface area contributed by atoms with Crippen LogP contribution in [0.4, 0.5) is 0 Å². The molecule has 0 atom stereocenters. The molecular weight excluding hydrogens is 135 g/mol. The Labute approximate surface area is 75.8 Å². The number of hydrogen-bond donors (Lipinski definition) is 2. The molecule has 0 heterocycles. The Morgan fingerprint density at radius 2 is 1.78 bits per heavy atom. The van der Waals surface area contributed by atoms with Gasteiger partial charge in [0.15, 0.2) is 0 Å². The Hall–Kier alpha value is 0.390. The van der Waals surface area contributed by atoms with Gasteiger partial charge < -0.3 is 15.3 Å². The van der Waals surface area contributed by atoms with Gasteiger partial charge in [0.25, 0.3) is 5.97 Å². The minimum atomic E-state index is -0.833. The average Bonchev–Trinajstić information content (AvgIpc) is 1.65. The number of carboxylic acid groups (broad SMARTS) is 1. The SMILES string of the molecule is CC(=O)O.[Na+].[O-]CCO. The normalized spacial score (nSPS) is 6.11. The van der Waals surface area contributed by atoms with Crippen LogP contribution < -0.4 is 34.7 Å². The molecular formula is C4H9NaO4. The number of carbonyl (C=O) groups is 1.